The highest BCUT2D eigenvalue weighted by Crippen LogP contribution is 1.91. The van der Waals surface area contributed by atoms with Gasteiger partial charge in [-0.05, 0) is 13.3 Å². The third-order valence-electron chi connectivity index (χ3n) is 1.05. The van der Waals surface area contributed by atoms with Crippen molar-refractivity contribution in [2.45, 2.75) is 39.7 Å². The second-order valence-electron chi connectivity index (χ2n) is 2.20. The van der Waals surface area contributed by atoms with Crippen molar-refractivity contribution >= 4 is 12.3 Å². The Morgan fingerprint density at radius 1 is 1.58 bits per heavy atom. The molecule has 0 spiro atoms. The van der Waals surface area contributed by atoms with Crippen LogP contribution in [0.3, 0.4) is 0 Å². The molecule has 0 fully saturated rings. The predicted molar refractivity (Wildman–Crippen MR) is 48.4 cm³/mol. The van der Waals surface area contributed by atoms with E-state index in [1.165, 1.54) is 0 Å². The molecule has 0 aromatic carbocycles. The second-order valence-corrected chi connectivity index (χ2v) is 2.20. The van der Waals surface area contributed by atoms with Crippen molar-refractivity contribution < 1.29 is 9.59 Å². The van der Waals surface area contributed by atoms with E-state index < -0.39 is 0 Å². The average Bonchev–Trinajstić information content (AvgIpc) is 2.05. The Hall–Kier alpha value is -0.900. The molecule has 4 heteroatoms. The smallest absolute Gasteiger partial charge is 0.226 e. The summed E-state index contributed by atoms with van der Waals surface area (Å²) in [6.07, 6.45) is 1.31. The summed E-state index contributed by atoms with van der Waals surface area (Å²) in [6.45, 7) is 5.81. The molecular formula is C8H18N2O2. The number of rotatable bonds is 4. The molecule has 1 atom stereocenters. The van der Waals surface area contributed by atoms with Crippen LogP contribution in [0.4, 0.5) is 0 Å². The van der Waals surface area contributed by atoms with Crippen LogP contribution in [-0.4, -0.2) is 18.4 Å². The zero-order chi connectivity index (χ0) is 9.98. The van der Waals surface area contributed by atoms with Crippen molar-refractivity contribution in [3.8, 4) is 0 Å². The molecule has 0 saturated heterocycles. The van der Waals surface area contributed by atoms with Gasteiger partial charge in [0.05, 0.1) is 0 Å². The molecule has 72 valence electrons. The van der Waals surface area contributed by atoms with Crippen LogP contribution in [0.1, 0.15) is 33.6 Å². The highest BCUT2D eigenvalue weighted by atomic mass is 16.2. The van der Waals surface area contributed by atoms with Crippen molar-refractivity contribution in [2.24, 2.45) is 5.73 Å². The van der Waals surface area contributed by atoms with E-state index in [1.807, 2.05) is 26.1 Å². The van der Waals surface area contributed by atoms with Crippen molar-refractivity contribution in [3.05, 3.63) is 0 Å². The first-order valence-corrected chi connectivity index (χ1v) is 4.15. The summed E-state index contributed by atoms with van der Waals surface area (Å²) in [5.74, 6) is -0.271. The summed E-state index contributed by atoms with van der Waals surface area (Å²) in [5, 5.41) is 2.03. The summed E-state index contributed by atoms with van der Waals surface area (Å²) in [4.78, 5) is 20.2. The van der Waals surface area contributed by atoms with Gasteiger partial charge in [0, 0.05) is 12.5 Å². The van der Waals surface area contributed by atoms with Crippen LogP contribution in [-0.2, 0) is 9.59 Å². The molecule has 0 aliphatic rings. The Morgan fingerprint density at radius 3 is 2.42 bits per heavy atom. The zero-order valence-electron chi connectivity index (χ0n) is 7.96. The third-order valence-corrected chi connectivity index (χ3v) is 1.05. The lowest BCUT2D eigenvalue weighted by Crippen LogP contribution is -2.24. The zero-order valence-corrected chi connectivity index (χ0v) is 7.96. The minimum atomic E-state index is -0.271. The van der Waals surface area contributed by atoms with Gasteiger partial charge < -0.3 is 5.73 Å². The number of hydrogen-bond donors (Lipinski definition) is 2. The van der Waals surface area contributed by atoms with Crippen molar-refractivity contribution in [1.29, 1.82) is 0 Å². The van der Waals surface area contributed by atoms with Gasteiger partial charge >= 0.3 is 0 Å². The van der Waals surface area contributed by atoms with Crippen LogP contribution < -0.4 is 11.1 Å². The lowest BCUT2D eigenvalue weighted by atomic mass is 10.2. The number of nitrogens with one attached hydrogen (secondary N) is 1. The maximum atomic E-state index is 10.5. The van der Waals surface area contributed by atoms with Crippen LogP contribution >= 0.6 is 0 Å². The summed E-state index contributed by atoms with van der Waals surface area (Å²) in [5.41, 5.74) is 5.37. The van der Waals surface area contributed by atoms with Crippen LogP contribution in [0.25, 0.3) is 0 Å². The summed E-state index contributed by atoms with van der Waals surface area (Å²) in [6, 6.07) is 0.0115. The molecule has 12 heavy (non-hydrogen) atoms. The maximum Gasteiger partial charge on any atom is 0.226 e. The molecule has 0 aromatic heterocycles. The Morgan fingerprint density at radius 2 is 2.08 bits per heavy atom. The van der Waals surface area contributed by atoms with Gasteiger partial charge in [-0.3, -0.25) is 14.9 Å². The number of nitrogens with two attached hydrogens (primary N) is 1. The van der Waals surface area contributed by atoms with Crippen molar-refractivity contribution in [1.82, 2.24) is 5.32 Å². The van der Waals surface area contributed by atoms with Crippen LogP contribution in [0.15, 0.2) is 0 Å². The van der Waals surface area contributed by atoms with Crippen LogP contribution in [0, 0.1) is 0 Å². The number of imide groups is 1. The monoisotopic (exact) mass is 174 g/mol. The molecule has 0 heterocycles. The number of carbonyl (C=O) groups is 2. The number of amides is 2. The predicted octanol–water partition coefficient (Wildman–Crippen LogP) is 0.413. The number of carbonyl (C=O) groups excluding carboxylic acids is 2. The first-order valence-electron chi connectivity index (χ1n) is 4.15. The Bertz CT molecular complexity index is 124. The Balaban J connectivity index is 0. The molecular weight excluding hydrogens is 156 g/mol. The molecule has 3 N–H and O–H groups in total. The van der Waals surface area contributed by atoms with E-state index in [-0.39, 0.29) is 11.9 Å². The molecule has 0 rings (SSSR count). The van der Waals surface area contributed by atoms with E-state index in [4.69, 9.17) is 5.73 Å². The van der Waals surface area contributed by atoms with Gasteiger partial charge in [-0.15, -0.1) is 0 Å². The average molecular weight is 174 g/mol. The molecule has 0 saturated carbocycles. The maximum absolute atomic E-state index is 10.5. The minimum Gasteiger partial charge on any atom is -0.328 e. The standard InChI is InChI=1S/C6H12N2O2.C2H6/c1-5(7)2-3-6(10)8-4-9;1-2/h4-5H,2-3,7H2,1H3,(H,8,9,10);1-2H3. The van der Waals surface area contributed by atoms with E-state index >= 15 is 0 Å². The van der Waals surface area contributed by atoms with Crippen LogP contribution in [0.2, 0.25) is 0 Å². The molecule has 0 aliphatic heterocycles. The molecule has 2 amide bonds. The highest BCUT2D eigenvalue weighted by molar-refractivity contribution is 5.85. The second kappa shape index (κ2) is 10.1. The number of hydrogen-bond acceptors (Lipinski definition) is 3. The first-order chi connectivity index (χ1) is 5.66. The quantitative estimate of drug-likeness (QED) is 0.606. The highest BCUT2D eigenvalue weighted by Gasteiger charge is 2.00. The lowest BCUT2D eigenvalue weighted by molar-refractivity contribution is -0.125. The minimum absolute atomic E-state index is 0.0115. The van der Waals surface area contributed by atoms with E-state index in [0.717, 1.165) is 0 Å². The topological polar surface area (TPSA) is 72.2 Å². The van der Waals surface area contributed by atoms with Gasteiger partial charge in [-0.2, -0.15) is 0 Å². The Labute approximate surface area is 73.5 Å². The van der Waals surface area contributed by atoms with Gasteiger partial charge in [0.15, 0.2) is 0 Å². The summed E-state index contributed by atoms with van der Waals surface area (Å²) >= 11 is 0. The molecule has 1 unspecified atom stereocenters. The largest absolute Gasteiger partial charge is 0.328 e. The van der Waals surface area contributed by atoms with Crippen LogP contribution in [0.5, 0.6) is 0 Å². The van der Waals surface area contributed by atoms with E-state index in [1.54, 1.807) is 0 Å². The molecule has 0 aliphatic carbocycles. The van der Waals surface area contributed by atoms with E-state index in [2.05, 4.69) is 0 Å². The molecule has 0 bridgehead atoms. The van der Waals surface area contributed by atoms with Crippen molar-refractivity contribution in [3.63, 3.8) is 0 Å². The third kappa shape index (κ3) is 11.8. The van der Waals surface area contributed by atoms with E-state index in [0.29, 0.717) is 19.3 Å². The van der Waals surface area contributed by atoms with Gasteiger partial charge in [-0.1, -0.05) is 13.8 Å². The SMILES string of the molecule is CC.CC(N)CCC(=O)NC=O. The summed E-state index contributed by atoms with van der Waals surface area (Å²) < 4.78 is 0. The van der Waals surface area contributed by atoms with Gasteiger partial charge in [0.1, 0.15) is 0 Å². The molecule has 0 aromatic rings. The van der Waals surface area contributed by atoms with Gasteiger partial charge in [0.25, 0.3) is 0 Å². The van der Waals surface area contributed by atoms with E-state index in [9.17, 15) is 9.59 Å². The molecule has 4 nitrogen and oxygen atoms in total. The normalized spacial score (nSPS) is 10.7. The molecule has 0 radical (unpaired) electrons. The van der Waals surface area contributed by atoms with Gasteiger partial charge in [0.2, 0.25) is 12.3 Å². The fraction of sp³-hybridized carbons (Fsp3) is 0.750. The first kappa shape index (κ1) is 13.7. The Kier molecular flexibility index (Phi) is 11.5. The fourth-order valence-electron chi connectivity index (χ4n) is 0.497. The summed E-state index contributed by atoms with van der Waals surface area (Å²) in [7, 11) is 0. The van der Waals surface area contributed by atoms with Gasteiger partial charge in [-0.25, -0.2) is 0 Å². The fourth-order valence-corrected chi connectivity index (χ4v) is 0.497. The van der Waals surface area contributed by atoms with Crippen molar-refractivity contribution in [2.75, 3.05) is 0 Å². The lowest BCUT2D eigenvalue weighted by Gasteiger charge is -2.01.